The molecule has 0 heterocycles. The van der Waals surface area contributed by atoms with Gasteiger partial charge in [0.25, 0.3) is 0 Å². The Balaban J connectivity index is 0.000000269. The van der Waals surface area contributed by atoms with Crippen LogP contribution in [0.5, 0.6) is 0 Å². The monoisotopic (exact) mass is 750 g/mol. The van der Waals surface area contributed by atoms with Crippen LogP contribution in [0.15, 0.2) is 84.9 Å². The summed E-state index contributed by atoms with van der Waals surface area (Å²) in [7, 11) is 9.74. The van der Waals surface area contributed by atoms with Crippen molar-refractivity contribution in [3.8, 4) is 11.1 Å². The molecule has 0 nitrogen and oxygen atoms in total. The Morgan fingerprint density at radius 1 is 0.778 bits per heavy atom. The SMILES string of the molecule is CCCC(C)c1cc2c(C(C)CC)cccc2[cH-]1.CCc1cc2c(-c3ccc([Si](C)(C)C)cc3)cccc2[cH-]1.C[Si]C.[Cl][Zr+2][Cl]. The van der Waals surface area contributed by atoms with Gasteiger partial charge < -0.3 is 0 Å². The molecule has 240 valence electrons. The van der Waals surface area contributed by atoms with Gasteiger partial charge in [0.1, 0.15) is 0 Å². The average Bonchev–Trinajstić information content (AvgIpc) is 3.66. The van der Waals surface area contributed by atoms with Crippen molar-refractivity contribution in [1.29, 1.82) is 0 Å². The van der Waals surface area contributed by atoms with E-state index in [1.54, 1.807) is 0 Å². The van der Waals surface area contributed by atoms with Crippen molar-refractivity contribution < 1.29 is 20.8 Å². The first-order valence-corrected chi connectivity index (χ1v) is 28.4. The third-order valence-electron chi connectivity index (χ3n) is 8.52. The topological polar surface area (TPSA) is 0 Å². The second-order valence-electron chi connectivity index (χ2n) is 13.1. The average molecular weight is 753 g/mol. The zero-order valence-electron chi connectivity index (χ0n) is 29.3. The van der Waals surface area contributed by atoms with E-state index in [-0.39, 0.29) is 0 Å². The van der Waals surface area contributed by atoms with Crippen LogP contribution in [0.1, 0.15) is 82.4 Å². The number of aryl methyl sites for hydroxylation is 1. The molecule has 5 aromatic carbocycles. The van der Waals surface area contributed by atoms with Crippen molar-refractivity contribution in [3.63, 3.8) is 0 Å². The van der Waals surface area contributed by atoms with Crippen molar-refractivity contribution in [2.24, 2.45) is 0 Å². The summed E-state index contributed by atoms with van der Waals surface area (Å²) >= 11 is -0.826. The van der Waals surface area contributed by atoms with Gasteiger partial charge in [-0.25, -0.2) is 0 Å². The van der Waals surface area contributed by atoms with Gasteiger partial charge in [-0.05, 0) is 30.2 Å². The van der Waals surface area contributed by atoms with E-state index in [4.69, 9.17) is 17.0 Å². The molecule has 2 atom stereocenters. The van der Waals surface area contributed by atoms with E-state index < -0.39 is 28.9 Å². The van der Waals surface area contributed by atoms with E-state index in [2.05, 4.69) is 152 Å². The van der Waals surface area contributed by atoms with Gasteiger partial charge in [0.05, 0.1) is 8.07 Å². The van der Waals surface area contributed by atoms with Crippen LogP contribution in [0.3, 0.4) is 0 Å². The molecule has 0 bridgehead atoms. The van der Waals surface area contributed by atoms with Crippen LogP contribution in [0.2, 0.25) is 32.7 Å². The summed E-state index contributed by atoms with van der Waals surface area (Å²) < 4.78 is 0. The van der Waals surface area contributed by atoms with Crippen molar-refractivity contribution in [2.75, 3.05) is 0 Å². The molecule has 5 aromatic rings. The molecule has 0 amide bonds. The molecule has 0 spiro atoms. The predicted octanol–water partition coefficient (Wildman–Crippen LogP) is 13.5. The first kappa shape index (κ1) is 40.0. The standard InChI is InChI=1S/C20H23Si.C18H25.C2H6Si.2ClH.Zr/c1-5-15-13-17-7-6-8-19(20(17)14-15)16-9-11-18(12-10-16)21(2,3)4;1-5-8-14(4)16-11-15-9-7-10-17(13(3)6-2)18(15)12-16;1-3-2;;;/h6-14H,5H2,1-4H3;7,9-14H,5-6,8H2,1-4H3;1-2H3;2*1H;/q2*-1;;;;+4/p-2. The van der Waals surface area contributed by atoms with Crippen molar-refractivity contribution in [3.05, 3.63) is 102 Å². The molecular weight excluding hydrogens is 699 g/mol. The molecule has 0 aromatic heterocycles. The molecule has 0 N–H and O–H groups in total. The molecule has 0 saturated heterocycles. The van der Waals surface area contributed by atoms with Crippen LogP contribution in [0, 0.1) is 0 Å². The molecule has 5 heteroatoms. The maximum atomic E-state index is 4.93. The number of halogens is 2. The summed E-state index contributed by atoms with van der Waals surface area (Å²) in [5, 5.41) is 7.17. The van der Waals surface area contributed by atoms with Crippen molar-refractivity contribution in [1.82, 2.24) is 0 Å². The van der Waals surface area contributed by atoms with Crippen LogP contribution in [0.25, 0.3) is 32.7 Å². The number of fused-ring (bicyclic) bond motifs is 2. The fraction of sp³-hybridized carbons (Fsp3) is 0.400. The number of hydrogen-bond donors (Lipinski definition) is 0. The minimum absolute atomic E-state index is 0.658. The summed E-state index contributed by atoms with van der Waals surface area (Å²) in [6.45, 7) is 22.9. The first-order valence-electron chi connectivity index (χ1n) is 16.5. The molecule has 0 fully saturated rings. The molecule has 2 unspecified atom stereocenters. The second-order valence-corrected chi connectivity index (χ2v) is 22.9. The van der Waals surface area contributed by atoms with Gasteiger partial charge in [-0.2, -0.15) is 12.1 Å². The van der Waals surface area contributed by atoms with Gasteiger partial charge in [0, 0.05) is 9.52 Å². The van der Waals surface area contributed by atoms with E-state index in [1.165, 1.54) is 73.8 Å². The summed E-state index contributed by atoms with van der Waals surface area (Å²) in [5.41, 5.74) is 7.15. The van der Waals surface area contributed by atoms with E-state index in [0.717, 1.165) is 15.9 Å². The molecule has 2 radical (unpaired) electrons. The van der Waals surface area contributed by atoms with Crippen LogP contribution < -0.4 is 5.19 Å². The van der Waals surface area contributed by atoms with Crippen molar-refractivity contribution in [2.45, 2.75) is 105 Å². The van der Waals surface area contributed by atoms with E-state index in [9.17, 15) is 0 Å². The number of hydrogen-bond acceptors (Lipinski definition) is 0. The molecule has 0 saturated carbocycles. The van der Waals surface area contributed by atoms with Crippen LogP contribution >= 0.6 is 17.0 Å². The summed E-state index contributed by atoms with van der Waals surface area (Å²) in [4.78, 5) is 0. The van der Waals surface area contributed by atoms with Crippen LogP contribution in [-0.4, -0.2) is 17.6 Å². The summed E-state index contributed by atoms with van der Waals surface area (Å²) in [6, 6.07) is 32.1. The third-order valence-corrected chi connectivity index (χ3v) is 10.6. The molecule has 0 aliphatic heterocycles. The molecule has 0 aliphatic carbocycles. The van der Waals surface area contributed by atoms with Gasteiger partial charge in [-0.3, -0.25) is 0 Å². The zero-order chi connectivity index (χ0) is 33.6. The quantitative estimate of drug-likeness (QED) is 0.109. The molecule has 0 aliphatic rings. The van der Waals surface area contributed by atoms with Crippen molar-refractivity contribution >= 4 is 61.4 Å². The molecule has 45 heavy (non-hydrogen) atoms. The van der Waals surface area contributed by atoms with Crippen LogP contribution in [0.4, 0.5) is 0 Å². The van der Waals surface area contributed by atoms with E-state index in [1.807, 2.05) is 0 Å². The Kier molecular flexibility index (Phi) is 17.9. The van der Waals surface area contributed by atoms with Gasteiger partial charge in [0.2, 0.25) is 0 Å². The van der Waals surface area contributed by atoms with Gasteiger partial charge >= 0.3 is 37.9 Å². The Labute approximate surface area is 297 Å². The maximum absolute atomic E-state index is 4.93. The van der Waals surface area contributed by atoms with Gasteiger partial charge in [-0.15, -0.1) is 69.1 Å². The minimum atomic E-state index is -1.21. The Morgan fingerprint density at radius 2 is 1.36 bits per heavy atom. The first-order chi connectivity index (χ1) is 21.5. The molecular formula is C40H54Cl2Si2Zr. The number of rotatable bonds is 8. The van der Waals surface area contributed by atoms with Gasteiger partial charge in [0.15, 0.2) is 0 Å². The Bertz CT molecular complexity index is 1540. The fourth-order valence-corrected chi connectivity index (χ4v) is 6.89. The molecule has 5 rings (SSSR count). The fourth-order valence-electron chi connectivity index (χ4n) is 5.72. The second kappa shape index (κ2) is 20.2. The summed E-state index contributed by atoms with van der Waals surface area (Å²) in [6.07, 6.45) is 4.86. The Morgan fingerprint density at radius 3 is 1.89 bits per heavy atom. The Hall–Kier alpha value is -1.22. The van der Waals surface area contributed by atoms with E-state index in [0.29, 0.717) is 11.8 Å². The van der Waals surface area contributed by atoms with Crippen LogP contribution in [-0.2, 0) is 27.3 Å². The number of benzene rings is 3. The summed E-state index contributed by atoms with van der Waals surface area (Å²) in [5.74, 6) is 1.35. The normalized spacial score (nSPS) is 12.2. The van der Waals surface area contributed by atoms with E-state index >= 15 is 0 Å². The predicted molar refractivity (Wildman–Crippen MR) is 208 cm³/mol. The van der Waals surface area contributed by atoms with Gasteiger partial charge in [-0.1, -0.05) is 133 Å². The third kappa shape index (κ3) is 11.8. The zero-order valence-corrected chi connectivity index (χ0v) is 35.3.